The van der Waals surface area contributed by atoms with Crippen molar-refractivity contribution in [3.8, 4) is 0 Å². The molecule has 0 spiro atoms. The van der Waals surface area contributed by atoms with Crippen molar-refractivity contribution < 1.29 is 12.6 Å². The number of rotatable bonds is 6. The lowest BCUT2D eigenvalue weighted by atomic mass is 10.0. The van der Waals surface area contributed by atoms with Gasteiger partial charge < -0.3 is 5.73 Å². The third-order valence-electron chi connectivity index (χ3n) is 3.17. The summed E-state index contributed by atoms with van der Waals surface area (Å²) in [7, 11) is -3.99. The van der Waals surface area contributed by atoms with Crippen LogP contribution in [0.3, 0.4) is 0 Å². The normalized spacial score (nSPS) is 25.8. The fourth-order valence-corrected chi connectivity index (χ4v) is 4.67. The SMILES string of the molecule is CC(N)CCS(=O)CC1CCCN(S(C)(=O)=O)C1. The summed E-state index contributed by atoms with van der Waals surface area (Å²) in [5.41, 5.74) is 5.63. The Morgan fingerprint density at radius 3 is 2.72 bits per heavy atom. The highest BCUT2D eigenvalue weighted by Gasteiger charge is 2.26. The number of hydrogen-bond acceptors (Lipinski definition) is 4. The molecule has 0 aromatic heterocycles. The molecule has 1 aliphatic rings. The van der Waals surface area contributed by atoms with E-state index in [0.29, 0.717) is 24.6 Å². The van der Waals surface area contributed by atoms with E-state index in [0.717, 1.165) is 19.3 Å². The van der Waals surface area contributed by atoms with Crippen LogP contribution in [0.15, 0.2) is 0 Å². The van der Waals surface area contributed by atoms with Gasteiger partial charge >= 0.3 is 0 Å². The number of sulfonamides is 1. The topological polar surface area (TPSA) is 80.5 Å². The molecule has 1 heterocycles. The maximum atomic E-state index is 11.9. The molecule has 0 bridgehead atoms. The van der Waals surface area contributed by atoms with Gasteiger partial charge in [0.2, 0.25) is 10.0 Å². The van der Waals surface area contributed by atoms with E-state index < -0.39 is 20.8 Å². The summed E-state index contributed by atoms with van der Waals surface area (Å²) in [5.74, 6) is 1.44. The Kier molecular flexibility index (Phi) is 6.23. The molecule has 0 aliphatic carbocycles. The second kappa shape index (κ2) is 6.98. The first kappa shape index (κ1) is 16.1. The zero-order valence-electron chi connectivity index (χ0n) is 11.2. The van der Waals surface area contributed by atoms with E-state index in [1.807, 2.05) is 6.92 Å². The van der Waals surface area contributed by atoms with E-state index in [1.54, 1.807) is 0 Å². The summed E-state index contributed by atoms with van der Waals surface area (Å²) in [5, 5.41) is 0. The molecule has 0 amide bonds. The maximum absolute atomic E-state index is 11.9. The van der Waals surface area contributed by atoms with E-state index in [2.05, 4.69) is 0 Å². The van der Waals surface area contributed by atoms with Gasteiger partial charge in [0.05, 0.1) is 6.26 Å². The van der Waals surface area contributed by atoms with Crippen LogP contribution in [0.2, 0.25) is 0 Å². The molecule has 0 aromatic carbocycles. The molecular weight excluding hydrogens is 272 g/mol. The molecule has 3 atom stereocenters. The van der Waals surface area contributed by atoms with Crippen LogP contribution < -0.4 is 5.73 Å². The maximum Gasteiger partial charge on any atom is 0.211 e. The summed E-state index contributed by atoms with van der Waals surface area (Å²) in [6.45, 7) is 3.02. The van der Waals surface area contributed by atoms with Crippen molar-refractivity contribution in [1.29, 1.82) is 0 Å². The van der Waals surface area contributed by atoms with Crippen LogP contribution in [0, 0.1) is 5.92 Å². The Morgan fingerprint density at radius 2 is 2.17 bits per heavy atom. The predicted molar refractivity (Wildman–Crippen MR) is 75.3 cm³/mol. The molecule has 3 unspecified atom stereocenters. The first-order valence-electron chi connectivity index (χ1n) is 6.34. The highest BCUT2D eigenvalue weighted by atomic mass is 32.2. The minimum absolute atomic E-state index is 0.0767. The smallest absolute Gasteiger partial charge is 0.211 e. The molecule has 108 valence electrons. The van der Waals surface area contributed by atoms with Gasteiger partial charge in [-0.05, 0) is 32.1 Å². The van der Waals surface area contributed by atoms with Crippen molar-refractivity contribution in [2.45, 2.75) is 32.2 Å². The number of hydrogen-bond donors (Lipinski definition) is 1. The Labute approximate surface area is 113 Å². The molecular formula is C11H24N2O3S2. The largest absolute Gasteiger partial charge is 0.328 e. The molecule has 0 saturated carbocycles. The van der Waals surface area contributed by atoms with Gasteiger partial charge in [-0.1, -0.05) is 0 Å². The molecule has 18 heavy (non-hydrogen) atoms. The minimum Gasteiger partial charge on any atom is -0.328 e. The van der Waals surface area contributed by atoms with E-state index in [4.69, 9.17) is 5.73 Å². The van der Waals surface area contributed by atoms with Gasteiger partial charge in [-0.2, -0.15) is 0 Å². The van der Waals surface area contributed by atoms with Crippen LogP contribution in [-0.2, 0) is 20.8 Å². The van der Waals surface area contributed by atoms with Gasteiger partial charge in [0.15, 0.2) is 0 Å². The predicted octanol–water partition coefficient (Wildman–Crippen LogP) is 0.144. The quantitative estimate of drug-likeness (QED) is 0.756. The van der Waals surface area contributed by atoms with E-state index in [9.17, 15) is 12.6 Å². The molecule has 7 heteroatoms. The summed E-state index contributed by atoms with van der Waals surface area (Å²) >= 11 is 0. The highest BCUT2D eigenvalue weighted by Crippen LogP contribution is 2.19. The van der Waals surface area contributed by atoms with Gasteiger partial charge in [-0.15, -0.1) is 0 Å². The molecule has 1 rings (SSSR count). The summed E-state index contributed by atoms with van der Waals surface area (Å²) in [6, 6.07) is 0.0767. The Morgan fingerprint density at radius 1 is 1.50 bits per heavy atom. The number of nitrogens with zero attached hydrogens (tertiary/aromatic N) is 1. The molecule has 0 aromatic rings. The van der Waals surface area contributed by atoms with Crippen molar-refractivity contribution in [2.75, 3.05) is 30.9 Å². The Hall–Kier alpha value is 0.0200. The minimum atomic E-state index is -3.11. The molecule has 1 aliphatic heterocycles. The molecule has 1 saturated heterocycles. The molecule has 0 radical (unpaired) electrons. The highest BCUT2D eigenvalue weighted by molar-refractivity contribution is 7.88. The van der Waals surface area contributed by atoms with Gasteiger partial charge in [0, 0.05) is 41.4 Å². The van der Waals surface area contributed by atoms with Crippen LogP contribution in [0.5, 0.6) is 0 Å². The lowest BCUT2D eigenvalue weighted by Gasteiger charge is -2.30. The first-order chi connectivity index (χ1) is 8.29. The van der Waals surface area contributed by atoms with E-state index in [-0.39, 0.29) is 12.0 Å². The van der Waals surface area contributed by atoms with E-state index >= 15 is 0 Å². The second-order valence-corrected chi connectivity index (χ2v) is 8.81. The van der Waals surface area contributed by atoms with Crippen molar-refractivity contribution in [1.82, 2.24) is 4.31 Å². The average molecular weight is 296 g/mol. The van der Waals surface area contributed by atoms with Crippen molar-refractivity contribution in [2.24, 2.45) is 11.7 Å². The lowest BCUT2D eigenvalue weighted by Crippen LogP contribution is -2.41. The standard InChI is InChI=1S/C11H24N2O3S2/c1-10(12)5-7-17(14)9-11-4-3-6-13(8-11)18(2,15)16/h10-11H,3-9,12H2,1-2H3. The second-order valence-electron chi connectivity index (χ2n) is 5.21. The number of nitrogens with two attached hydrogens (primary N) is 1. The van der Waals surface area contributed by atoms with Gasteiger partial charge in [0.25, 0.3) is 0 Å². The number of piperidine rings is 1. The van der Waals surface area contributed by atoms with Crippen LogP contribution in [0.25, 0.3) is 0 Å². The van der Waals surface area contributed by atoms with Gasteiger partial charge in [0.1, 0.15) is 0 Å². The monoisotopic (exact) mass is 296 g/mol. The van der Waals surface area contributed by atoms with Crippen molar-refractivity contribution in [3.63, 3.8) is 0 Å². The zero-order chi connectivity index (χ0) is 13.8. The summed E-state index contributed by atoms with van der Waals surface area (Å²) in [6.07, 6.45) is 3.83. The van der Waals surface area contributed by atoms with Crippen LogP contribution in [-0.4, -0.2) is 53.8 Å². The summed E-state index contributed by atoms with van der Waals surface area (Å²) in [4.78, 5) is 0. The molecule has 5 nitrogen and oxygen atoms in total. The van der Waals surface area contributed by atoms with Crippen LogP contribution in [0.4, 0.5) is 0 Å². The Balaban J connectivity index is 2.41. The average Bonchev–Trinajstić information content (AvgIpc) is 2.25. The van der Waals surface area contributed by atoms with Crippen LogP contribution >= 0.6 is 0 Å². The third-order valence-corrected chi connectivity index (χ3v) is 5.98. The lowest BCUT2D eigenvalue weighted by molar-refractivity contribution is 0.285. The van der Waals surface area contributed by atoms with E-state index in [1.165, 1.54) is 10.6 Å². The van der Waals surface area contributed by atoms with Gasteiger partial charge in [-0.25, -0.2) is 12.7 Å². The van der Waals surface area contributed by atoms with Gasteiger partial charge in [-0.3, -0.25) is 4.21 Å². The zero-order valence-corrected chi connectivity index (χ0v) is 12.8. The fourth-order valence-electron chi connectivity index (χ4n) is 2.13. The first-order valence-corrected chi connectivity index (χ1v) is 9.68. The van der Waals surface area contributed by atoms with Crippen molar-refractivity contribution >= 4 is 20.8 Å². The van der Waals surface area contributed by atoms with Crippen LogP contribution in [0.1, 0.15) is 26.2 Å². The summed E-state index contributed by atoms with van der Waals surface area (Å²) < 4.78 is 36.3. The fraction of sp³-hybridized carbons (Fsp3) is 1.00. The Bertz CT molecular complexity index is 382. The molecule has 2 N–H and O–H groups in total. The third kappa shape index (κ3) is 5.77. The van der Waals surface area contributed by atoms with Crippen molar-refractivity contribution in [3.05, 3.63) is 0 Å². The molecule has 1 fully saturated rings.